The largest absolute Gasteiger partial charge is 0.600 e. The normalized spacial score (nSPS) is 17.0. The third-order valence-electron chi connectivity index (χ3n) is 2.72. The van der Waals surface area contributed by atoms with E-state index in [0.717, 1.165) is 5.56 Å². The average Bonchev–Trinajstić information content (AvgIpc) is 2.34. The van der Waals surface area contributed by atoms with Crippen LogP contribution in [0.3, 0.4) is 0 Å². The van der Waals surface area contributed by atoms with Gasteiger partial charge in [-0.05, 0) is 11.5 Å². The fraction of sp³-hybridized carbons (Fsp3) is 0.429. The zero-order valence-corrected chi connectivity index (χ0v) is 10.8. The van der Waals surface area contributed by atoms with E-state index in [1.165, 1.54) is 0 Å². The molecular weight excluding hydrogens is 230 g/mol. The molecule has 1 aromatic rings. The van der Waals surface area contributed by atoms with Gasteiger partial charge in [-0.1, -0.05) is 56.3 Å². The van der Waals surface area contributed by atoms with Crippen LogP contribution in [-0.4, -0.2) is 22.5 Å². The van der Waals surface area contributed by atoms with Crippen molar-refractivity contribution < 1.29 is 15.5 Å². The number of hydroxylamine groups is 2. The Morgan fingerprint density at radius 1 is 1.22 bits per heavy atom. The number of rotatable bonds is 6. The highest BCUT2D eigenvalue weighted by atomic mass is 16.8. The maximum absolute atomic E-state index is 11.2. The van der Waals surface area contributed by atoms with Gasteiger partial charge >= 0.3 is 0 Å². The van der Waals surface area contributed by atoms with Gasteiger partial charge in [0.25, 0.3) is 0 Å². The molecule has 3 N–H and O–H groups in total. The molecule has 1 unspecified atom stereocenters. The zero-order chi connectivity index (χ0) is 13.5. The zero-order valence-electron chi connectivity index (χ0n) is 10.8. The van der Waals surface area contributed by atoms with Crippen LogP contribution in [0.2, 0.25) is 0 Å². The highest BCUT2D eigenvalue weighted by Crippen LogP contribution is 2.06. The van der Waals surface area contributed by atoms with Gasteiger partial charge in [0.2, 0.25) is 0 Å². The van der Waals surface area contributed by atoms with Crippen molar-refractivity contribution in [1.82, 2.24) is 0 Å². The molecule has 0 aliphatic rings. The van der Waals surface area contributed by atoms with Crippen LogP contribution in [0.1, 0.15) is 19.4 Å². The summed E-state index contributed by atoms with van der Waals surface area (Å²) in [7, 11) is 0. The second-order valence-electron chi connectivity index (χ2n) is 4.75. The van der Waals surface area contributed by atoms with Gasteiger partial charge in [-0.2, -0.15) is 0 Å². The summed E-state index contributed by atoms with van der Waals surface area (Å²) in [6.07, 6.45) is 2.78. The lowest BCUT2D eigenvalue weighted by molar-refractivity contribution is -1.07. The molecule has 0 aliphatic heterocycles. The molecule has 0 spiro atoms. The van der Waals surface area contributed by atoms with Crippen molar-refractivity contribution in [2.45, 2.75) is 32.4 Å². The van der Waals surface area contributed by atoms with Crippen molar-refractivity contribution in [1.29, 1.82) is 0 Å². The maximum Gasteiger partial charge on any atom is 0.151 e. The van der Waals surface area contributed by atoms with E-state index >= 15 is 0 Å². The minimum absolute atomic E-state index is 0.297. The summed E-state index contributed by atoms with van der Waals surface area (Å²) in [6, 6.07) is 8.55. The fourth-order valence-electron chi connectivity index (χ4n) is 1.69. The third-order valence-corrected chi connectivity index (χ3v) is 2.72. The Kier molecular flexibility index (Phi) is 6.01. The highest BCUT2D eigenvalue weighted by molar-refractivity contribution is 5.16. The molecule has 1 rings (SSSR count). The molecule has 4 heteroatoms. The van der Waals surface area contributed by atoms with Crippen LogP contribution in [-0.2, 0) is 6.42 Å². The van der Waals surface area contributed by atoms with Crippen molar-refractivity contribution in [3.05, 3.63) is 53.3 Å². The standard InChI is InChI=1S/C14H21NO3/c1-11(2)8-9-14(16)13(15(17)18)10-12-6-4-3-5-7-12/h3-9,11,13-17H,10H2,1-2H3/t13-,14+/m1/s1. The predicted molar refractivity (Wildman–Crippen MR) is 70.0 cm³/mol. The van der Waals surface area contributed by atoms with Crippen LogP contribution in [0, 0.1) is 11.1 Å². The summed E-state index contributed by atoms with van der Waals surface area (Å²) in [5.74, 6) is 0.297. The molecule has 18 heavy (non-hydrogen) atoms. The minimum Gasteiger partial charge on any atom is -0.600 e. The molecule has 0 saturated heterocycles. The van der Waals surface area contributed by atoms with E-state index in [1.807, 2.05) is 50.3 Å². The third kappa shape index (κ3) is 4.98. The summed E-state index contributed by atoms with van der Waals surface area (Å²) in [4.78, 5) is 0. The predicted octanol–water partition coefficient (Wildman–Crippen LogP) is 0.943. The van der Waals surface area contributed by atoms with E-state index < -0.39 is 17.4 Å². The Hall–Kier alpha value is -1.20. The van der Waals surface area contributed by atoms with Crippen molar-refractivity contribution in [2.75, 3.05) is 0 Å². The maximum atomic E-state index is 11.2. The van der Waals surface area contributed by atoms with E-state index in [1.54, 1.807) is 6.08 Å². The Bertz CT molecular complexity index is 363. The second kappa shape index (κ2) is 7.28. The van der Waals surface area contributed by atoms with Gasteiger partial charge in [-0.25, -0.2) is 10.4 Å². The number of aliphatic hydroxyl groups is 1. The van der Waals surface area contributed by atoms with Gasteiger partial charge in [0.05, 0.1) is 0 Å². The van der Waals surface area contributed by atoms with Gasteiger partial charge in [0, 0.05) is 6.42 Å². The quantitative estimate of drug-likeness (QED) is 0.521. The number of aliphatic hydroxyl groups excluding tert-OH is 1. The molecule has 0 aromatic heterocycles. The molecule has 0 fully saturated rings. The lowest BCUT2D eigenvalue weighted by atomic mass is 10.0. The molecular formula is C14H21NO3. The molecule has 0 heterocycles. The second-order valence-corrected chi connectivity index (χ2v) is 4.75. The van der Waals surface area contributed by atoms with Crippen molar-refractivity contribution >= 4 is 0 Å². The van der Waals surface area contributed by atoms with Crippen LogP contribution >= 0.6 is 0 Å². The number of nitrogens with one attached hydrogen (secondary N) is 1. The number of benzene rings is 1. The smallest absolute Gasteiger partial charge is 0.151 e. The molecule has 100 valence electrons. The first-order chi connectivity index (χ1) is 8.50. The molecule has 0 saturated carbocycles. The summed E-state index contributed by atoms with van der Waals surface area (Å²) >= 11 is 0. The molecule has 3 atom stereocenters. The molecule has 1 aromatic carbocycles. The first kappa shape index (κ1) is 14.9. The summed E-state index contributed by atoms with van der Waals surface area (Å²) in [5.41, 5.74) is 0.918. The van der Waals surface area contributed by atoms with Crippen LogP contribution < -0.4 is 5.23 Å². The first-order valence-corrected chi connectivity index (χ1v) is 6.14. The minimum atomic E-state index is -0.972. The van der Waals surface area contributed by atoms with Gasteiger partial charge < -0.3 is 10.3 Å². The monoisotopic (exact) mass is 251 g/mol. The Balaban J connectivity index is 2.71. The topological polar surface area (TPSA) is 68.0 Å². The molecule has 0 radical (unpaired) electrons. The van der Waals surface area contributed by atoms with Crippen molar-refractivity contribution in [3.63, 3.8) is 0 Å². The molecule has 0 bridgehead atoms. The van der Waals surface area contributed by atoms with E-state index in [4.69, 9.17) is 0 Å². The van der Waals surface area contributed by atoms with Crippen LogP contribution in [0.15, 0.2) is 42.5 Å². The fourth-order valence-corrected chi connectivity index (χ4v) is 1.69. The Morgan fingerprint density at radius 2 is 1.83 bits per heavy atom. The molecule has 4 nitrogen and oxygen atoms in total. The van der Waals surface area contributed by atoms with E-state index in [-0.39, 0.29) is 0 Å². The van der Waals surface area contributed by atoms with E-state index in [9.17, 15) is 15.5 Å². The number of quaternary nitrogens is 1. The lowest BCUT2D eigenvalue weighted by Gasteiger charge is -2.27. The number of allylic oxidation sites excluding steroid dienone is 1. The summed E-state index contributed by atoms with van der Waals surface area (Å²) < 4.78 is 0. The van der Waals surface area contributed by atoms with Crippen molar-refractivity contribution in [3.8, 4) is 0 Å². The van der Waals surface area contributed by atoms with Gasteiger partial charge in [0.15, 0.2) is 6.04 Å². The highest BCUT2D eigenvalue weighted by Gasteiger charge is 2.23. The van der Waals surface area contributed by atoms with Gasteiger partial charge in [-0.3, -0.25) is 0 Å². The average molecular weight is 251 g/mol. The number of hydrogen-bond donors (Lipinski definition) is 3. The van der Waals surface area contributed by atoms with E-state index in [2.05, 4.69) is 0 Å². The van der Waals surface area contributed by atoms with Crippen LogP contribution in [0.25, 0.3) is 0 Å². The van der Waals surface area contributed by atoms with Gasteiger partial charge in [-0.15, -0.1) is 0 Å². The van der Waals surface area contributed by atoms with Crippen LogP contribution in [0.4, 0.5) is 0 Å². The molecule has 0 aliphatic carbocycles. The summed E-state index contributed by atoms with van der Waals surface area (Å²) in [5, 5.41) is 29.3. The lowest BCUT2D eigenvalue weighted by Crippen LogP contribution is -3.10. The number of hydrogen-bond acceptors (Lipinski definition) is 3. The van der Waals surface area contributed by atoms with Gasteiger partial charge in [0.1, 0.15) is 6.10 Å². The van der Waals surface area contributed by atoms with Crippen LogP contribution in [0.5, 0.6) is 0 Å². The Morgan fingerprint density at radius 3 is 2.33 bits per heavy atom. The molecule has 0 amide bonds. The first-order valence-electron chi connectivity index (χ1n) is 6.14. The Labute approximate surface area is 108 Å². The SMILES string of the molecule is CC(C)C=C[C@H](O)[C@@H](Cc1ccccc1)[NH+]([O-])O. The van der Waals surface area contributed by atoms with Crippen molar-refractivity contribution in [2.24, 2.45) is 5.92 Å². The van der Waals surface area contributed by atoms with E-state index in [0.29, 0.717) is 12.3 Å². The summed E-state index contributed by atoms with van der Waals surface area (Å²) in [6.45, 7) is 3.96.